The van der Waals surface area contributed by atoms with E-state index in [4.69, 9.17) is 33.7 Å². The molecule has 1 amide bonds. The van der Waals surface area contributed by atoms with E-state index in [0.29, 0.717) is 28.3 Å². The summed E-state index contributed by atoms with van der Waals surface area (Å²) in [6.07, 6.45) is 2.06. The van der Waals surface area contributed by atoms with Gasteiger partial charge in [0.1, 0.15) is 5.75 Å². The molecule has 2 unspecified atom stereocenters. The number of hydrogen-bond acceptors (Lipinski definition) is 3. The molecule has 0 aromatic heterocycles. The molecule has 124 valence electrons. The third kappa shape index (κ3) is 5.51. The van der Waals surface area contributed by atoms with Crippen molar-refractivity contribution in [3.05, 3.63) is 28.2 Å². The third-order valence-corrected chi connectivity index (χ3v) is 4.19. The van der Waals surface area contributed by atoms with Crippen molar-refractivity contribution in [2.45, 2.75) is 25.8 Å². The van der Waals surface area contributed by atoms with E-state index in [0.717, 1.165) is 19.4 Å². The Morgan fingerprint density at radius 2 is 2.05 bits per heavy atom. The van der Waals surface area contributed by atoms with Gasteiger partial charge in [-0.15, -0.1) is 12.4 Å². The Labute approximate surface area is 147 Å². The van der Waals surface area contributed by atoms with E-state index >= 15 is 0 Å². The summed E-state index contributed by atoms with van der Waals surface area (Å²) in [5.41, 5.74) is 5.93. The van der Waals surface area contributed by atoms with Crippen LogP contribution in [0.2, 0.25) is 10.0 Å². The van der Waals surface area contributed by atoms with Gasteiger partial charge in [-0.1, -0.05) is 23.2 Å². The van der Waals surface area contributed by atoms with Crippen molar-refractivity contribution in [3.63, 3.8) is 0 Å². The molecule has 2 N–H and O–H groups in total. The van der Waals surface area contributed by atoms with Gasteiger partial charge in [-0.3, -0.25) is 4.79 Å². The van der Waals surface area contributed by atoms with Gasteiger partial charge < -0.3 is 15.4 Å². The number of carbonyl (C=O) groups is 1. The minimum absolute atomic E-state index is 0. The van der Waals surface area contributed by atoms with E-state index in [9.17, 15) is 4.79 Å². The van der Waals surface area contributed by atoms with Gasteiger partial charge in [-0.25, -0.2) is 0 Å². The first kappa shape index (κ1) is 19.4. The zero-order valence-corrected chi connectivity index (χ0v) is 14.8. The van der Waals surface area contributed by atoms with Crippen molar-refractivity contribution in [2.24, 2.45) is 11.7 Å². The molecule has 1 aromatic carbocycles. The monoisotopic (exact) mass is 366 g/mol. The maximum atomic E-state index is 12.2. The van der Waals surface area contributed by atoms with Gasteiger partial charge >= 0.3 is 0 Å². The molecule has 1 fully saturated rings. The molecule has 1 aromatic rings. The van der Waals surface area contributed by atoms with E-state index in [1.165, 1.54) is 0 Å². The average molecular weight is 368 g/mol. The molecule has 1 aliphatic heterocycles. The first-order chi connectivity index (χ1) is 9.95. The highest BCUT2D eigenvalue weighted by Crippen LogP contribution is 2.24. The Morgan fingerprint density at radius 1 is 1.41 bits per heavy atom. The number of rotatable bonds is 4. The van der Waals surface area contributed by atoms with Crippen LogP contribution in [-0.2, 0) is 4.79 Å². The summed E-state index contributed by atoms with van der Waals surface area (Å²) in [6.45, 7) is 3.45. The van der Waals surface area contributed by atoms with E-state index < -0.39 is 0 Å². The van der Waals surface area contributed by atoms with Crippen LogP contribution in [-0.4, -0.2) is 36.5 Å². The zero-order valence-electron chi connectivity index (χ0n) is 12.4. The lowest BCUT2D eigenvalue weighted by Gasteiger charge is -2.34. The predicted octanol–water partition coefficient (Wildman–Crippen LogP) is 3.38. The Hall–Kier alpha value is -0.680. The highest BCUT2D eigenvalue weighted by molar-refractivity contribution is 6.34. The maximum Gasteiger partial charge on any atom is 0.260 e. The number of carbonyl (C=O) groups excluding carboxylic acids is 1. The minimum atomic E-state index is -0.0311. The molecule has 1 aliphatic rings. The van der Waals surface area contributed by atoms with Crippen LogP contribution in [0.25, 0.3) is 0 Å². The Bertz CT molecular complexity index is 491. The SMILES string of the molecule is CC(N)C1CCCN(C(=O)COc2cc(Cl)cc(Cl)c2)C1.Cl. The average Bonchev–Trinajstić information content (AvgIpc) is 2.44. The standard InChI is InChI=1S/C15H20Cl2N2O2.ClH/c1-10(18)11-3-2-4-19(8-11)15(20)9-21-14-6-12(16)5-13(17)7-14;/h5-7,10-11H,2-4,8-9,18H2,1H3;1H. The fraction of sp³-hybridized carbons (Fsp3) is 0.533. The fourth-order valence-corrected chi connectivity index (χ4v) is 3.02. The van der Waals surface area contributed by atoms with Crippen LogP contribution in [0.1, 0.15) is 19.8 Å². The second-order valence-electron chi connectivity index (χ2n) is 5.50. The molecule has 4 nitrogen and oxygen atoms in total. The first-order valence-electron chi connectivity index (χ1n) is 7.08. The number of benzene rings is 1. The Morgan fingerprint density at radius 3 is 2.64 bits per heavy atom. The van der Waals surface area contributed by atoms with Gasteiger partial charge in [0.05, 0.1) is 0 Å². The van der Waals surface area contributed by atoms with Crippen LogP contribution in [0, 0.1) is 5.92 Å². The van der Waals surface area contributed by atoms with E-state index in [1.54, 1.807) is 18.2 Å². The topological polar surface area (TPSA) is 55.6 Å². The summed E-state index contributed by atoms with van der Waals surface area (Å²) in [6, 6.07) is 5.01. The number of piperidine rings is 1. The lowest BCUT2D eigenvalue weighted by molar-refractivity contribution is -0.135. The van der Waals surface area contributed by atoms with Crippen molar-refractivity contribution in [2.75, 3.05) is 19.7 Å². The van der Waals surface area contributed by atoms with E-state index in [2.05, 4.69) is 0 Å². The van der Waals surface area contributed by atoms with Crippen LogP contribution in [0.3, 0.4) is 0 Å². The molecule has 0 aliphatic carbocycles. The van der Waals surface area contributed by atoms with Crippen molar-refractivity contribution >= 4 is 41.5 Å². The first-order valence-corrected chi connectivity index (χ1v) is 7.83. The lowest BCUT2D eigenvalue weighted by atomic mass is 9.92. The van der Waals surface area contributed by atoms with Crippen LogP contribution < -0.4 is 10.5 Å². The second kappa shape index (κ2) is 8.82. The van der Waals surface area contributed by atoms with Gasteiger partial charge in [0.25, 0.3) is 5.91 Å². The minimum Gasteiger partial charge on any atom is -0.484 e. The van der Waals surface area contributed by atoms with Gasteiger partial charge in [-0.2, -0.15) is 0 Å². The Kier molecular flexibility index (Phi) is 7.77. The van der Waals surface area contributed by atoms with Crippen molar-refractivity contribution < 1.29 is 9.53 Å². The molecule has 0 radical (unpaired) electrons. The van der Waals surface area contributed by atoms with Crippen LogP contribution in [0.15, 0.2) is 18.2 Å². The number of nitrogens with two attached hydrogens (primary N) is 1. The van der Waals surface area contributed by atoms with Crippen LogP contribution in [0.4, 0.5) is 0 Å². The molecule has 0 saturated carbocycles. The highest BCUT2D eigenvalue weighted by atomic mass is 35.5. The normalized spacial score (nSPS) is 19.3. The number of ether oxygens (including phenoxy) is 1. The third-order valence-electron chi connectivity index (χ3n) is 3.75. The molecular formula is C15H21Cl3N2O2. The molecule has 2 rings (SSSR count). The number of amides is 1. The molecule has 7 heteroatoms. The summed E-state index contributed by atoms with van der Waals surface area (Å²) in [4.78, 5) is 14.0. The quantitative estimate of drug-likeness (QED) is 0.887. The van der Waals surface area contributed by atoms with Gasteiger partial charge in [0.2, 0.25) is 0 Å². The summed E-state index contributed by atoms with van der Waals surface area (Å²) in [5.74, 6) is 0.835. The van der Waals surface area contributed by atoms with E-state index in [-0.39, 0.29) is 31.0 Å². The molecule has 0 spiro atoms. The summed E-state index contributed by atoms with van der Waals surface area (Å²) >= 11 is 11.8. The van der Waals surface area contributed by atoms with Gasteiger partial charge in [-0.05, 0) is 43.9 Å². The largest absolute Gasteiger partial charge is 0.484 e. The summed E-state index contributed by atoms with van der Waals surface area (Å²) < 4.78 is 5.49. The molecule has 1 saturated heterocycles. The number of nitrogens with zero attached hydrogens (tertiary/aromatic N) is 1. The predicted molar refractivity (Wildman–Crippen MR) is 92.2 cm³/mol. The second-order valence-corrected chi connectivity index (χ2v) is 6.37. The molecular weight excluding hydrogens is 347 g/mol. The molecule has 22 heavy (non-hydrogen) atoms. The highest BCUT2D eigenvalue weighted by Gasteiger charge is 2.25. The van der Waals surface area contributed by atoms with Gasteiger partial charge in [0.15, 0.2) is 6.61 Å². The molecule has 1 heterocycles. The van der Waals surface area contributed by atoms with Crippen molar-refractivity contribution in [1.82, 2.24) is 4.90 Å². The van der Waals surface area contributed by atoms with Crippen LogP contribution in [0.5, 0.6) is 5.75 Å². The number of likely N-dealkylation sites (tertiary alicyclic amines) is 1. The van der Waals surface area contributed by atoms with E-state index in [1.807, 2.05) is 11.8 Å². The lowest BCUT2D eigenvalue weighted by Crippen LogP contribution is -2.46. The molecule has 0 bridgehead atoms. The molecule has 2 atom stereocenters. The van der Waals surface area contributed by atoms with Crippen molar-refractivity contribution in [3.8, 4) is 5.75 Å². The summed E-state index contributed by atoms with van der Waals surface area (Å²) in [7, 11) is 0. The number of hydrogen-bond donors (Lipinski definition) is 1. The smallest absolute Gasteiger partial charge is 0.260 e. The number of halogens is 3. The van der Waals surface area contributed by atoms with Crippen LogP contribution >= 0.6 is 35.6 Å². The van der Waals surface area contributed by atoms with Gasteiger partial charge in [0, 0.05) is 29.2 Å². The maximum absolute atomic E-state index is 12.2. The Balaban J connectivity index is 0.00000242. The fourth-order valence-electron chi connectivity index (χ4n) is 2.51. The zero-order chi connectivity index (χ0) is 15.4. The summed E-state index contributed by atoms with van der Waals surface area (Å²) in [5, 5.41) is 0.972. The van der Waals surface area contributed by atoms with Crippen molar-refractivity contribution in [1.29, 1.82) is 0 Å².